The third-order valence-corrected chi connectivity index (χ3v) is 4.51. The van der Waals surface area contributed by atoms with Gasteiger partial charge in [0, 0.05) is 25.0 Å². The standard InChI is InChI=1S/C16H19N3OS/c1-2-12-3-5-13(6-4-12)15-9-17-7-8-19(15)16(20)14-10-21-11-18-14/h3-6,10-11,15,17H,2,7-9H2,1H3. The average Bonchev–Trinajstić information content (AvgIpc) is 3.09. The van der Waals surface area contributed by atoms with Gasteiger partial charge >= 0.3 is 0 Å². The summed E-state index contributed by atoms with van der Waals surface area (Å²) in [5.74, 6) is 0.0299. The van der Waals surface area contributed by atoms with E-state index < -0.39 is 0 Å². The van der Waals surface area contributed by atoms with Crippen LogP contribution in [0.25, 0.3) is 0 Å². The Morgan fingerprint density at radius 1 is 1.43 bits per heavy atom. The fourth-order valence-corrected chi connectivity index (χ4v) is 3.21. The molecule has 0 aliphatic carbocycles. The van der Waals surface area contributed by atoms with Crippen molar-refractivity contribution in [2.24, 2.45) is 0 Å². The van der Waals surface area contributed by atoms with Crippen LogP contribution in [0.1, 0.15) is 34.6 Å². The number of hydrogen-bond acceptors (Lipinski definition) is 4. The second kappa shape index (κ2) is 6.37. The number of benzene rings is 1. The summed E-state index contributed by atoms with van der Waals surface area (Å²) < 4.78 is 0. The van der Waals surface area contributed by atoms with Crippen LogP contribution in [-0.2, 0) is 6.42 Å². The average molecular weight is 301 g/mol. The molecule has 1 amide bonds. The van der Waals surface area contributed by atoms with Crippen molar-refractivity contribution in [3.8, 4) is 0 Å². The van der Waals surface area contributed by atoms with Crippen LogP contribution in [0.3, 0.4) is 0 Å². The molecule has 5 heteroatoms. The summed E-state index contributed by atoms with van der Waals surface area (Å²) in [6, 6.07) is 8.65. The zero-order valence-electron chi connectivity index (χ0n) is 12.1. The number of aromatic nitrogens is 1. The van der Waals surface area contributed by atoms with Gasteiger partial charge in [0.2, 0.25) is 0 Å². The Bertz CT molecular complexity index is 594. The Labute approximate surface area is 128 Å². The molecule has 1 aliphatic heterocycles. The molecule has 1 aromatic heterocycles. The molecule has 0 radical (unpaired) electrons. The predicted octanol–water partition coefficient (Wildman–Crippen LogP) is 2.49. The molecule has 0 bridgehead atoms. The van der Waals surface area contributed by atoms with Crippen LogP contribution in [0.15, 0.2) is 35.2 Å². The number of rotatable bonds is 3. The van der Waals surface area contributed by atoms with Crippen LogP contribution in [0.5, 0.6) is 0 Å². The molecule has 1 saturated heterocycles. The molecule has 21 heavy (non-hydrogen) atoms. The van der Waals surface area contributed by atoms with Crippen LogP contribution >= 0.6 is 11.3 Å². The summed E-state index contributed by atoms with van der Waals surface area (Å²) in [5.41, 5.74) is 4.76. The van der Waals surface area contributed by atoms with Gasteiger partial charge in [-0.05, 0) is 17.5 Å². The maximum atomic E-state index is 12.6. The smallest absolute Gasteiger partial charge is 0.273 e. The molecule has 1 fully saturated rings. The van der Waals surface area contributed by atoms with Crippen LogP contribution in [0.2, 0.25) is 0 Å². The Morgan fingerprint density at radius 3 is 2.90 bits per heavy atom. The fourth-order valence-electron chi connectivity index (χ4n) is 2.69. The highest BCUT2D eigenvalue weighted by Gasteiger charge is 2.29. The molecule has 110 valence electrons. The first-order valence-corrected chi connectivity index (χ1v) is 8.22. The number of piperazine rings is 1. The van der Waals surface area contributed by atoms with Crippen LogP contribution < -0.4 is 5.32 Å². The normalized spacial score (nSPS) is 18.7. The highest BCUT2D eigenvalue weighted by atomic mass is 32.1. The quantitative estimate of drug-likeness (QED) is 0.947. The monoisotopic (exact) mass is 301 g/mol. The molecule has 1 N–H and O–H groups in total. The van der Waals surface area contributed by atoms with Crippen molar-refractivity contribution in [1.29, 1.82) is 0 Å². The van der Waals surface area contributed by atoms with Crippen LogP contribution in [0.4, 0.5) is 0 Å². The lowest BCUT2D eigenvalue weighted by atomic mass is 10.0. The lowest BCUT2D eigenvalue weighted by Crippen LogP contribution is -2.48. The largest absolute Gasteiger partial charge is 0.328 e. The Kier molecular flexibility index (Phi) is 4.31. The number of amides is 1. The summed E-state index contributed by atoms with van der Waals surface area (Å²) in [6.45, 7) is 4.49. The first-order valence-electron chi connectivity index (χ1n) is 7.28. The molecule has 1 aliphatic rings. The summed E-state index contributed by atoms with van der Waals surface area (Å²) in [7, 11) is 0. The van der Waals surface area contributed by atoms with Gasteiger partial charge in [-0.25, -0.2) is 4.98 Å². The number of nitrogens with zero attached hydrogens (tertiary/aromatic N) is 2. The van der Waals surface area contributed by atoms with E-state index in [9.17, 15) is 4.79 Å². The molecule has 2 heterocycles. The third kappa shape index (κ3) is 2.99. The van der Waals surface area contributed by atoms with Gasteiger partial charge in [0.25, 0.3) is 5.91 Å². The lowest BCUT2D eigenvalue weighted by Gasteiger charge is -2.36. The summed E-state index contributed by atoms with van der Waals surface area (Å²) in [6.07, 6.45) is 1.03. The number of carbonyl (C=O) groups is 1. The van der Waals surface area contributed by atoms with Crippen molar-refractivity contribution in [1.82, 2.24) is 15.2 Å². The van der Waals surface area contributed by atoms with Gasteiger partial charge in [0.05, 0.1) is 11.6 Å². The van der Waals surface area contributed by atoms with Crippen molar-refractivity contribution < 1.29 is 4.79 Å². The zero-order valence-corrected chi connectivity index (χ0v) is 12.9. The molecule has 1 aromatic carbocycles. The SMILES string of the molecule is CCc1ccc(C2CNCCN2C(=O)c2cscn2)cc1. The van der Waals surface area contributed by atoms with Gasteiger partial charge in [-0.3, -0.25) is 4.79 Å². The van der Waals surface area contributed by atoms with E-state index in [0.717, 1.165) is 26.1 Å². The van der Waals surface area contributed by atoms with E-state index >= 15 is 0 Å². The maximum Gasteiger partial charge on any atom is 0.273 e. The lowest BCUT2D eigenvalue weighted by molar-refractivity contribution is 0.0629. The van der Waals surface area contributed by atoms with Crippen LogP contribution in [-0.4, -0.2) is 35.4 Å². The molecule has 1 atom stereocenters. The predicted molar refractivity (Wildman–Crippen MR) is 84.6 cm³/mol. The van der Waals surface area contributed by atoms with Gasteiger partial charge < -0.3 is 10.2 Å². The molecular weight excluding hydrogens is 282 g/mol. The van der Waals surface area contributed by atoms with Gasteiger partial charge in [-0.15, -0.1) is 11.3 Å². The summed E-state index contributed by atoms with van der Waals surface area (Å²) >= 11 is 1.46. The highest BCUT2D eigenvalue weighted by molar-refractivity contribution is 7.07. The van der Waals surface area contributed by atoms with Gasteiger partial charge in [-0.1, -0.05) is 31.2 Å². The molecule has 1 unspecified atom stereocenters. The van der Waals surface area contributed by atoms with Gasteiger partial charge in [-0.2, -0.15) is 0 Å². The number of aryl methyl sites for hydroxylation is 1. The molecule has 0 saturated carbocycles. The van der Waals surface area contributed by atoms with Gasteiger partial charge in [0.15, 0.2) is 0 Å². The second-order valence-electron chi connectivity index (χ2n) is 5.19. The van der Waals surface area contributed by atoms with E-state index in [-0.39, 0.29) is 11.9 Å². The van der Waals surface area contributed by atoms with E-state index in [1.165, 1.54) is 22.5 Å². The zero-order chi connectivity index (χ0) is 14.7. The van der Waals surface area contributed by atoms with Crippen LogP contribution in [0, 0.1) is 0 Å². The third-order valence-electron chi connectivity index (χ3n) is 3.93. The minimum Gasteiger partial charge on any atom is -0.328 e. The summed E-state index contributed by atoms with van der Waals surface area (Å²) in [5, 5.41) is 5.20. The topological polar surface area (TPSA) is 45.2 Å². The van der Waals surface area contributed by atoms with Gasteiger partial charge in [0.1, 0.15) is 5.69 Å². The number of hydrogen-bond donors (Lipinski definition) is 1. The molecule has 4 nitrogen and oxygen atoms in total. The molecule has 3 rings (SSSR count). The molecule has 0 spiro atoms. The molecular formula is C16H19N3OS. The van der Waals surface area contributed by atoms with Crippen molar-refractivity contribution in [2.75, 3.05) is 19.6 Å². The summed E-state index contributed by atoms with van der Waals surface area (Å²) in [4.78, 5) is 18.7. The first kappa shape index (κ1) is 14.2. The van der Waals surface area contributed by atoms with Crippen molar-refractivity contribution in [3.05, 3.63) is 52.0 Å². The minimum absolute atomic E-state index is 0.0299. The number of thiazole rings is 1. The van der Waals surface area contributed by atoms with Crippen molar-refractivity contribution in [3.63, 3.8) is 0 Å². The van der Waals surface area contributed by atoms with Crippen molar-refractivity contribution >= 4 is 17.2 Å². The van der Waals surface area contributed by atoms with E-state index in [2.05, 4.69) is 41.5 Å². The maximum absolute atomic E-state index is 12.6. The minimum atomic E-state index is 0.0299. The highest BCUT2D eigenvalue weighted by Crippen LogP contribution is 2.24. The van der Waals surface area contributed by atoms with E-state index in [0.29, 0.717) is 5.69 Å². The Hall–Kier alpha value is -1.72. The first-order chi connectivity index (χ1) is 10.3. The van der Waals surface area contributed by atoms with E-state index in [4.69, 9.17) is 0 Å². The fraction of sp³-hybridized carbons (Fsp3) is 0.375. The number of nitrogens with one attached hydrogen (secondary N) is 1. The Balaban J connectivity index is 1.85. The van der Waals surface area contributed by atoms with E-state index in [1.807, 2.05) is 10.3 Å². The Morgan fingerprint density at radius 2 is 2.24 bits per heavy atom. The van der Waals surface area contributed by atoms with E-state index in [1.54, 1.807) is 5.51 Å². The van der Waals surface area contributed by atoms with Crippen molar-refractivity contribution in [2.45, 2.75) is 19.4 Å². The molecule has 2 aromatic rings. The number of carbonyl (C=O) groups excluding carboxylic acids is 1. The second-order valence-corrected chi connectivity index (χ2v) is 5.91.